The Hall–Kier alpha value is -1.12. The van der Waals surface area contributed by atoms with E-state index in [2.05, 4.69) is 11.0 Å². The van der Waals surface area contributed by atoms with Crippen molar-refractivity contribution in [2.24, 2.45) is 0 Å². The maximum atomic E-state index is 10.7. The highest BCUT2D eigenvalue weighted by Gasteiger charge is 2.24. The Morgan fingerprint density at radius 3 is 3.06 bits per heavy atom. The Bertz CT molecular complexity index is 262. The van der Waals surface area contributed by atoms with Crippen LogP contribution in [0.5, 0.6) is 0 Å². The summed E-state index contributed by atoms with van der Waals surface area (Å²) < 4.78 is 5.28. The first-order valence-electron chi connectivity index (χ1n) is 5.64. The molecule has 1 atom stereocenters. The van der Waals surface area contributed by atoms with E-state index >= 15 is 0 Å². The van der Waals surface area contributed by atoms with Crippen LogP contribution in [0.2, 0.25) is 0 Å². The van der Waals surface area contributed by atoms with Crippen molar-refractivity contribution in [1.82, 2.24) is 4.90 Å². The topological polar surface area (TPSA) is 73.6 Å². The highest BCUT2D eigenvalue weighted by Crippen LogP contribution is 2.12. The molecule has 1 saturated heterocycles. The standard InChI is InChI=1S/C11H18N2O3/c12-4-2-1-3-5-13-6-7-16-9-10(13)8-11(14)15/h10H,1-3,5-9H2,(H,14,15). The van der Waals surface area contributed by atoms with Gasteiger partial charge >= 0.3 is 5.97 Å². The highest BCUT2D eigenvalue weighted by atomic mass is 16.5. The molecular weight excluding hydrogens is 208 g/mol. The number of nitriles is 1. The van der Waals surface area contributed by atoms with E-state index in [1.807, 2.05) is 0 Å². The molecule has 0 saturated carbocycles. The fourth-order valence-electron chi connectivity index (χ4n) is 1.89. The molecule has 0 spiro atoms. The van der Waals surface area contributed by atoms with E-state index in [9.17, 15) is 4.79 Å². The minimum atomic E-state index is -0.780. The van der Waals surface area contributed by atoms with Crippen LogP contribution >= 0.6 is 0 Å². The van der Waals surface area contributed by atoms with Crippen LogP contribution in [0.25, 0.3) is 0 Å². The molecule has 1 rings (SSSR count). The fraction of sp³-hybridized carbons (Fsp3) is 0.818. The average Bonchev–Trinajstić information content (AvgIpc) is 2.26. The quantitative estimate of drug-likeness (QED) is 0.680. The number of rotatable bonds is 6. The number of hydrogen-bond acceptors (Lipinski definition) is 4. The molecule has 0 radical (unpaired) electrons. The molecule has 1 aliphatic heterocycles. The molecule has 1 fully saturated rings. The van der Waals surface area contributed by atoms with Crippen LogP contribution in [0.15, 0.2) is 0 Å². The van der Waals surface area contributed by atoms with Crippen LogP contribution in [0, 0.1) is 11.3 Å². The maximum absolute atomic E-state index is 10.7. The Kier molecular flexibility index (Phi) is 5.83. The Labute approximate surface area is 95.6 Å². The average molecular weight is 226 g/mol. The van der Waals surface area contributed by atoms with Gasteiger partial charge in [-0.05, 0) is 19.4 Å². The van der Waals surface area contributed by atoms with Gasteiger partial charge in [-0.25, -0.2) is 0 Å². The number of carboxylic acids is 1. The van der Waals surface area contributed by atoms with Crippen LogP contribution in [-0.2, 0) is 9.53 Å². The van der Waals surface area contributed by atoms with Crippen LogP contribution < -0.4 is 0 Å². The first-order chi connectivity index (χ1) is 7.74. The lowest BCUT2D eigenvalue weighted by Crippen LogP contribution is -2.46. The summed E-state index contributed by atoms with van der Waals surface area (Å²) in [7, 11) is 0. The number of carbonyl (C=O) groups is 1. The predicted octanol–water partition coefficient (Wildman–Crippen LogP) is 0.856. The number of carboxylic acid groups (broad SMARTS) is 1. The number of aliphatic carboxylic acids is 1. The van der Waals surface area contributed by atoms with E-state index in [4.69, 9.17) is 15.1 Å². The van der Waals surface area contributed by atoms with E-state index < -0.39 is 5.97 Å². The minimum Gasteiger partial charge on any atom is -0.481 e. The molecule has 0 bridgehead atoms. The molecule has 1 aliphatic rings. The summed E-state index contributed by atoms with van der Waals surface area (Å²) >= 11 is 0. The summed E-state index contributed by atoms with van der Waals surface area (Å²) in [6, 6.07) is 2.11. The van der Waals surface area contributed by atoms with Gasteiger partial charge in [0.1, 0.15) is 0 Å². The second-order valence-electron chi connectivity index (χ2n) is 3.98. The SMILES string of the molecule is N#CCCCCN1CCOCC1CC(=O)O. The van der Waals surface area contributed by atoms with Crippen molar-refractivity contribution in [3.8, 4) is 6.07 Å². The van der Waals surface area contributed by atoms with Crippen LogP contribution in [0.3, 0.4) is 0 Å². The molecule has 0 aromatic carbocycles. The molecule has 90 valence electrons. The van der Waals surface area contributed by atoms with E-state index in [1.165, 1.54) is 0 Å². The largest absolute Gasteiger partial charge is 0.481 e. The second-order valence-corrected chi connectivity index (χ2v) is 3.98. The molecule has 16 heavy (non-hydrogen) atoms. The molecular formula is C11H18N2O3. The summed E-state index contributed by atoms with van der Waals surface area (Å²) in [5.41, 5.74) is 0. The summed E-state index contributed by atoms with van der Waals surface area (Å²) in [4.78, 5) is 12.8. The Balaban J connectivity index is 2.29. The van der Waals surface area contributed by atoms with Gasteiger partial charge in [-0.2, -0.15) is 5.26 Å². The van der Waals surface area contributed by atoms with Gasteiger partial charge in [0.05, 0.1) is 25.7 Å². The number of unbranched alkanes of at least 4 members (excludes halogenated alkanes) is 2. The summed E-state index contributed by atoms with van der Waals surface area (Å²) in [6.45, 7) is 2.84. The lowest BCUT2D eigenvalue weighted by molar-refractivity contribution is -0.140. The van der Waals surface area contributed by atoms with Crippen LogP contribution in [0.4, 0.5) is 0 Å². The van der Waals surface area contributed by atoms with Crippen molar-refractivity contribution in [2.45, 2.75) is 31.7 Å². The van der Waals surface area contributed by atoms with E-state index in [1.54, 1.807) is 0 Å². The lowest BCUT2D eigenvalue weighted by atomic mass is 10.1. The van der Waals surface area contributed by atoms with Crippen molar-refractivity contribution in [3.63, 3.8) is 0 Å². The molecule has 0 amide bonds. The minimum absolute atomic E-state index is 0.00617. The van der Waals surface area contributed by atoms with Gasteiger partial charge in [0, 0.05) is 19.0 Å². The zero-order chi connectivity index (χ0) is 11.8. The molecule has 1 N–H and O–H groups in total. The Morgan fingerprint density at radius 1 is 1.56 bits per heavy atom. The van der Waals surface area contributed by atoms with Gasteiger partial charge < -0.3 is 9.84 Å². The third-order valence-electron chi connectivity index (χ3n) is 2.74. The van der Waals surface area contributed by atoms with Crippen LogP contribution in [0.1, 0.15) is 25.7 Å². The first kappa shape index (κ1) is 12.9. The van der Waals surface area contributed by atoms with Crippen molar-refractivity contribution in [3.05, 3.63) is 0 Å². The normalized spacial score (nSPS) is 21.6. The summed E-state index contributed by atoms with van der Waals surface area (Å²) in [6.07, 6.45) is 2.55. The van der Waals surface area contributed by atoms with Gasteiger partial charge in [-0.15, -0.1) is 0 Å². The molecule has 0 aromatic rings. The zero-order valence-corrected chi connectivity index (χ0v) is 9.39. The monoisotopic (exact) mass is 226 g/mol. The van der Waals surface area contributed by atoms with E-state index in [0.29, 0.717) is 19.6 Å². The molecule has 5 heteroatoms. The maximum Gasteiger partial charge on any atom is 0.305 e. The van der Waals surface area contributed by atoms with Crippen LogP contribution in [-0.4, -0.2) is 48.3 Å². The third kappa shape index (κ3) is 4.60. The van der Waals surface area contributed by atoms with Crippen molar-refractivity contribution < 1.29 is 14.6 Å². The van der Waals surface area contributed by atoms with Gasteiger partial charge in [0.15, 0.2) is 0 Å². The molecule has 0 aromatic heterocycles. The number of nitrogens with zero attached hydrogens (tertiary/aromatic N) is 2. The van der Waals surface area contributed by atoms with Gasteiger partial charge in [0.25, 0.3) is 0 Å². The van der Waals surface area contributed by atoms with E-state index in [0.717, 1.165) is 25.9 Å². The zero-order valence-electron chi connectivity index (χ0n) is 9.39. The number of ether oxygens (including phenoxy) is 1. The lowest BCUT2D eigenvalue weighted by Gasteiger charge is -2.34. The summed E-state index contributed by atoms with van der Waals surface area (Å²) in [5.74, 6) is -0.780. The second kappa shape index (κ2) is 7.20. The highest BCUT2D eigenvalue weighted by molar-refractivity contribution is 5.67. The van der Waals surface area contributed by atoms with Crippen molar-refractivity contribution >= 4 is 5.97 Å². The van der Waals surface area contributed by atoms with E-state index in [-0.39, 0.29) is 12.5 Å². The summed E-state index contributed by atoms with van der Waals surface area (Å²) in [5, 5.41) is 17.2. The third-order valence-corrected chi connectivity index (χ3v) is 2.74. The van der Waals surface area contributed by atoms with Gasteiger partial charge in [0.2, 0.25) is 0 Å². The number of morpholine rings is 1. The van der Waals surface area contributed by atoms with Crippen molar-refractivity contribution in [1.29, 1.82) is 5.26 Å². The molecule has 0 aliphatic carbocycles. The smallest absolute Gasteiger partial charge is 0.305 e. The number of hydrogen-bond donors (Lipinski definition) is 1. The Morgan fingerprint density at radius 2 is 2.38 bits per heavy atom. The first-order valence-corrected chi connectivity index (χ1v) is 5.64. The predicted molar refractivity (Wildman–Crippen MR) is 57.9 cm³/mol. The van der Waals surface area contributed by atoms with Gasteiger partial charge in [-0.1, -0.05) is 0 Å². The fourth-order valence-corrected chi connectivity index (χ4v) is 1.89. The van der Waals surface area contributed by atoms with Gasteiger partial charge in [-0.3, -0.25) is 9.69 Å². The molecule has 1 unspecified atom stereocenters. The van der Waals surface area contributed by atoms with Crippen molar-refractivity contribution in [2.75, 3.05) is 26.3 Å². The molecule has 1 heterocycles. The molecule has 5 nitrogen and oxygen atoms in total.